The van der Waals surface area contributed by atoms with Crippen molar-refractivity contribution in [1.29, 1.82) is 0 Å². The number of benzene rings is 2. The van der Waals surface area contributed by atoms with Crippen LogP contribution < -0.4 is 15.4 Å². The van der Waals surface area contributed by atoms with E-state index >= 15 is 0 Å². The summed E-state index contributed by atoms with van der Waals surface area (Å²) in [4.78, 5) is 35.4. The van der Waals surface area contributed by atoms with Gasteiger partial charge in [0, 0.05) is 11.3 Å². The van der Waals surface area contributed by atoms with E-state index in [-0.39, 0.29) is 29.6 Å². The molecule has 2 N–H and O–H groups in total. The molecule has 166 valence electrons. The van der Waals surface area contributed by atoms with E-state index in [0.717, 1.165) is 12.1 Å². The Balaban J connectivity index is 1.83. The van der Waals surface area contributed by atoms with Crippen LogP contribution in [0.2, 0.25) is 0 Å². The SMILES string of the molecule is CC(C)OC(=O)CNC(=O)c1ccc(OCC(=O)Nc2cccc(C(F)(F)F)c2)cc1. The number of halogens is 3. The summed E-state index contributed by atoms with van der Waals surface area (Å²) in [5.41, 5.74) is -0.623. The van der Waals surface area contributed by atoms with Crippen LogP contribution in [-0.2, 0) is 20.5 Å². The number of hydrogen-bond donors (Lipinski definition) is 2. The summed E-state index contributed by atoms with van der Waals surface area (Å²) in [6, 6.07) is 9.99. The smallest absolute Gasteiger partial charge is 0.416 e. The highest BCUT2D eigenvalue weighted by Gasteiger charge is 2.30. The Morgan fingerprint density at radius 3 is 2.32 bits per heavy atom. The van der Waals surface area contributed by atoms with Gasteiger partial charge in [-0.2, -0.15) is 13.2 Å². The monoisotopic (exact) mass is 438 g/mol. The van der Waals surface area contributed by atoms with Gasteiger partial charge in [0.1, 0.15) is 12.3 Å². The van der Waals surface area contributed by atoms with Crippen molar-refractivity contribution in [2.45, 2.75) is 26.1 Å². The molecule has 2 amide bonds. The van der Waals surface area contributed by atoms with E-state index in [1.807, 2.05) is 0 Å². The van der Waals surface area contributed by atoms with Crippen molar-refractivity contribution in [3.8, 4) is 5.75 Å². The molecule has 0 saturated carbocycles. The third-order valence-electron chi connectivity index (χ3n) is 3.72. The summed E-state index contributed by atoms with van der Waals surface area (Å²) in [6.45, 7) is 2.67. The lowest BCUT2D eigenvalue weighted by atomic mass is 10.2. The molecule has 2 rings (SSSR count). The first-order valence-corrected chi connectivity index (χ1v) is 9.22. The quantitative estimate of drug-likeness (QED) is 0.617. The number of anilines is 1. The van der Waals surface area contributed by atoms with Gasteiger partial charge < -0.3 is 20.1 Å². The molecule has 0 aliphatic heterocycles. The molecule has 0 radical (unpaired) electrons. The minimum absolute atomic E-state index is 0.00793. The van der Waals surface area contributed by atoms with E-state index in [2.05, 4.69) is 10.6 Å². The summed E-state index contributed by atoms with van der Waals surface area (Å²) < 4.78 is 48.3. The molecule has 0 saturated heterocycles. The maximum absolute atomic E-state index is 12.7. The lowest BCUT2D eigenvalue weighted by Crippen LogP contribution is -2.31. The van der Waals surface area contributed by atoms with Gasteiger partial charge in [-0.15, -0.1) is 0 Å². The van der Waals surface area contributed by atoms with Crippen LogP contribution in [0.15, 0.2) is 48.5 Å². The molecule has 0 unspecified atom stereocenters. The van der Waals surface area contributed by atoms with Gasteiger partial charge in [-0.25, -0.2) is 0 Å². The Morgan fingerprint density at radius 1 is 1.03 bits per heavy atom. The van der Waals surface area contributed by atoms with Gasteiger partial charge in [0.2, 0.25) is 0 Å². The zero-order chi connectivity index (χ0) is 23.0. The molecule has 0 atom stereocenters. The van der Waals surface area contributed by atoms with Crippen molar-refractivity contribution in [3.05, 3.63) is 59.7 Å². The number of ether oxygens (including phenoxy) is 2. The van der Waals surface area contributed by atoms with E-state index in [4.69, 9.17) is 9.47 Å². The molecule has 0 aliphatic rings. The summed E-state index contributed by atoms with van der Waals surface area (Å²) in [7, 11) is 0. The topological polar surface area (TPSA) is 93.7 Å². The van der Waals surface area contributed by atoms with E-state index in [1.54, 1.807) is 13.8 Å². The van der Waals surface area contributed by atoms with E-state index in [0.29, 0.717) is 0 Å². The van der Waals surface area contributed by atoms with Crippen molar-refractivity contribution < 1.29 is 37.0 Å². The lowest BCUT2D eigenvalue weighted by molar-refractivity contribution is -0.146. The fraction of sp³-hybridized carbons (Fsp3) is 0.286. The average Bonchev–Trinajstić information content (AvgIpc) is 2.70. The van der Waals surface area contributed by atoms with E-state index < -0.39 is 36.1 Å². The third-order valence-corrected chi connectivity index (χ3v) is 3.72. The maximum atomic E-state index is 12.7. The van der Waals surface area contributed by atoms with Gasteiger partial charge in [0.15, 0.2) is 6.61 Å². The van der Waals surface area contributed by atoms with Gasteiger partial charge >= 0.3 is 12.1 Å². The number of hydrogen-bond acceptors (Lipinski definition) is 5. The molecule has 31 heavy (non-hydrogen) atoms. The molecular weight excluding hydrogens is 417 g/mol. The van der Waals surface area contributed by atoms with Crippen LogP contribution in [-0.4, -0.2) is 37.0 Å². The molecule has 7 nitrogen and oxygen atoms in total. The Kier molecular flexibility index (Phi) is 8.00. The lowest BCUT2D eigenvalue weighted by Gasteiger charge is -2.11. The molecule has 0 bridgehead atoms. The van der Waals surface area contributed by atoms with Gasteiger partial charge in [0.25, 0.3) is 11.8 Å². The van der Waals surface area contributed by atoms with Gasteiger partial charge in [-0.3, -0.25) is 14.4 Å². The zero-order valence-electron chi connectivity index (χ0n) is 16.8. The number of rotatable bonds is 8. The van der Waals surface area contributed by atoms with E-state index in [1.165, 1.54) is 36.4 Å². The first-order valence-electron chi connectivity index (χ1n) is 9.22. The van der Waals surface area contributed by atoms with Crippen LogP contribution in [0.25, 0.3) is 0 Å². The Morgan fingerprint density at radius 2 is 1.71 bits per heavy atom. The van der Waals surface area contributed by atoms with Gasteiger partial charge in [0.05, 0.1) is 11.7 Å². The number of carbonyl (C=O) groups is 3. The third kappa shape index (κ3) is 8.00. The van der Waals surface area contributed by atoms with Gasteiger partial charge in [-0.05, 0) is 56.3 Å². The largest absolute Gasteiger partial charge is 0.484 e. The minimum Gasteiger partial charge on any atom is -0.484 e. The van der Waals surface area contributed by atoms with Gasteiger partial charge in [-0.1, -0.05) is 6.07 Å². The number of nitrogens with one attached hydrogen (secondary N) is 2. The fourth-order valence-electron chi connectivity index (χ4n) is 2.38. The molecular formula is C21H21F3N2O5. The highest BCUT2D eigenvalue weighted by molar-refractivity contribution is 5.96. The molecule has 0 aliphatic carbocycles. The normalized spacial score (nSPS) is 11.0. The number of alkyl halides is 3. The molecule has 10 heteroatoms. The Labute approximate surface area is 176 Å². The van der Waals surface area contributed by atoms with Crippen LogP contribution in [0.4, 0.5) is 18.9 Å². The molecule has 0 aromatic heterocycles. The molecule has 0 fully saturated rings. The molecule has 0 spiro atoms. The van der Waals surface area contributed by atoms with Crippen molar-refractivity contribution in [2.24, 2.45) is 0 Å². The second-order valence-electron chi connectivity index (χ2n) is 6.66. The molecule has 2 aromatic carbocycles. The van der Waals surface area contributed by atoms with Crippen molar-refractivity contribution in [3.63, 3.8) is 0 Å². The van der Waals surface area contributed by atoms with Crippen LogP contribution >= 0.6 is 0 Å². The second-order valence-corrected chi connectivity index (χ2v) is 6.66. The van der Waals surface area contributed by atoms with Crippen LogP contribution in [0.1, 0.15) is 29.8 Å². The Bertz CT molecular complexity index is 927. The van der Waals surface area contributed by atoms with Crippen molar-refractivity contribution in [2.75, 3.05) is 18.5 Å². The summed E-state index contributed by atoms with van der Waals surface area (Å²) in [6.07, 6.45) is -4.80. The van der Waals surface area contributed by atoms with Crippen molar-refractivity contribution in [1.82, 2.24) is 5.32 Å². The van der Waals surface area contributed by atoms with Crippen molar-refractivity contribution >= 4 is 23.5 Å². The maximum Gasteiger partial charge on any atom is 0.416 e. The summed E-state index contributed by atoms with van der Waals surface area (Å²) in [5, 5.41) is 4.74. The van der Waals surface area contributed by atoms with Crippen LogP contribution in [0.3, 0.4) is 0 Å². The summed E-state index contributed by atoms with van der Waals surface area (Å²) >= 11 is 0. The number of amides is 2. The highest BCUT2D eigenvalue weighted by Crippen LogP contribution is 2.30. The standard InChI is InChI=1S/C21H21F3N2O5/c1-13(2)31-19(28)11-25-20(29)14-6-8-17(9-7-14)30-12-18(27)26-16-5-3-4-15(10-16)21(22,23)24/h3-10,13H,11-12H2,1-2H3,(H,25,29)(H,26,27). The number of carbonyl (C=O) groups excluding carboxylic acids is 3. The summed E-state index contributed by atoms with van der Waals surface area (Å²) in [5.74, 6) is -1.43. The first kappa shape index (κ1) is 23.7. The minimum atomic E-state index is -4.51. The predicted octanol–water partition coefficient (Wildman–Crippen LogP) is 3.40. The second kappa shape index (κ2) is 10.5. The first-order chi connectivity index (χ1) is 14.5. The number of esters is 1. The van der Waals surface area contributed by atoms with Crippen LogP contribution in [0, 0.1) is 0 Å². The average molecular weight is 438 g/mol. The van der Waals surface area contributed by atoms with Crippen LogP contribution in [0.5, 0.6) is 5.75 Å². The molecule has 2 aromatic rings. The Hall–Kier alpha value is -3.56. The van der Waals surface area contributed by atoms with E-state index in [9.17, 15) is 27.6 Å². The zero-order valence-corrected chi connectivity index (χ0v) is 16.8. The highest BCUT2D eigenvalue weighted by atomic mass is 19.4. The predicted molar refractivity (Wildman–Crippen MR) is 106 cm³/mol. The fourth-order valence-corrected chi connectivity index (χ4v) is 2.38. The molecule has 0 heterocycles.